The zero-order chi connectivity index (χ0) is 22.6. The van der Waals surface area contributed by atoms with Crippen LogP contribution in [0.1, 0.15) is 36.6 Å². The minimum atomic E-state index is -0.987. The summed E-state index contributed by atoms with van der Waals surface area (Å²) in [4.78, 5) is 13.6. The summed E-state index contributed by atoms with van der Waals surface area (Å²) < 4.78 is 12.0. The van der Waals surface area contributed by atoms with Gasteiger partial charge in [-0.3, -0.25) is 4.79 Å². The molecule has 162 valence electrons. The number of aromatic hydroxyl groups is 1. The first-order chi connectivity index (χ1) is 14.6. The summed E-state index contributed by atoms with van der Waals surface area (Å²) in [6.45, 7) is 13.3. The van der Waals surface area contributed by atoms with Gasteiger partial charge in [-0.1, -0.05) is 30.4 Å². The number of hydrogen-bond acceptors (Lipinski definition) is 6. The van der Waals surface area contributed by atoms with Gasteiger partial charge in [-0.15, -0.1) is 0 Å². The van der Waals surface area contributed by atoms with Crippen molar-refractivity contribution in [2.24, 2.45) is 5.92 Å². The Hall–Kier alpha value is -3.09. The Bertz CT molecular complexity index is 1300. The van der Waals surface area contributed by atoms with E-state index in [1.54, 1.807) is 19.1 Å². The SMILES string of the molecule is C=C(C)C(O)Cc1ccc(O)c2c(=O)c3c4c(c(C)cc3oc12)OCC(C(=C)C)C4O. The van der Waals surface area contributed by atoms with E-state index in [2.05, 4.69) is 13.2 Å². The molecule has 6 heteroatoms. The average Bonchev–Trinajstić information content (AvgIpc) is 2.69. The normalized spacial score (nSPS) is 19.1. The van der Waals surface area contributed by atoms with Gasteiger partial charge in [-0.05, 0) is 44.0 Å². The fourth-order valence-corrected chi connectivity index (χ4v) is 4.19. The van der Waals surface area contributed by atoms with Crippen molar-refractivity contribution in [3.05, 3.63) is 69.4 Å². The second-order valence-electron chi connectivity index (χ2n) is 8.46. The van der Waals surface area contributed by atoms with Crippen LogP contribution >= 0.6 is 0 Å². The molecule has 3 N–H and O–H groups in total. The highest BCUT2D eigenvalue weighted by molar-refractivity contribution is 5.97. The third-order valence-electron chi connectivity index (χ3n) is 6.05. The van der Waals surface area contributed by atoms with Crippen molar-refractivity contribution < 1.29 is 24.5 Å². The van der Waals surface area contributed by atoms with E-state index < -0.39 is 17.6 Å². The van der Waals surface area contributed by atoms with E-state index in [1.165, 1.54) is 6.07 Å². The Morgan fingerprint density at radius 3 is 2.61 bits per heavy atom. The third kappa shape index (κ3) is 3.32. The average molecular weight is 422 g/mol. The number of phenolic OH excluding ortho intramolecular Hbond substituents is 1. The van der Waals surface area contributed by atoms with Crippen molar-refractivity contribution in [2.45, 2.75) is 39.4 Å². The van der Waals surface area contributed by atoms with Crippen molar-refractivity contribution >= 4 is 21.9 Å². The monoisotopic (exact) mass is 422 g/mol. The number of aliphatic hydroxyl groups excluding tert-OH is 2. The first-order valence-corrected chi connectivity index (χ1v) is 10.2. The summed E-state index contributed by atoms with van der Waals surface area (Å²) in [6, 6.07) is 4.74. The lowest BCUT2D eigenvalue weighted by atomic mass is 9.85. The number of aryl methyl sites for hydroxylation is 1. The minimum Gasteiger partial charge on any atom is -0.507 e. The summed E-state index contributed by atoms with van der Waals surface area (Å²) in [7, 11) is 0. The zero-order valence-electron chi connectivity index (χ0n) is 17.9. The molecule has 3 atom stereocenters. The van der Waals surface area contributed by atoms with Gasteiger partial charge in [0.2, 0.25) is 5.43 Å². The number of hydrogen-bond donors (Lipinski definition) is 3. The van der Waals surface area contributed by atoms with Gasteiger partial charge in [-0.25, -0.2) is 0 Å². The second-order valence-corrected chi connectivity index (χ2v) is 8.46. The molecule has 3 unspecified atom stereocenters. The number of rotatable bonds is 4. The molecule has 6 nitrogen and oxygen atoms in total. The molecule has 2 aromatic carbocycles. The summed E-state index contributed by atoms with van der Waals surface area (Å²) in [6.07, 6.45) is -1.61. The molecule has 1 aliphatic rings. The zero-order valence-corrected chi connectivity index (χ0v) is 17.9. The van der Waals surface area contributed by atoms with Crippen LogP contribution in [0.5, 0.6) is 11.5 Å². The van der Waals surface area contributed by atoms with Gasteiger partial charge < -0.3 is 24.5 Å². The second kappa shape index (κ2) is 7.55. The van der Waals surface area contributed by atoms with Crippen LogP contribution in [0, 0.1) is 12.8 Å². The van der Waals surface area contributed by atoms with Gasteiger partial charge >= 0.3 is 0 Å². The summed E-state index contributed by atoms with van der Waals surface area (Å²) >= 11 is 0. The quantitative estimate of drug-likeness (QED) is 0.433. The highest BCUT2D eigenvalue weighted by Gasteiger charge is 2.34. The molecule has 0 bridgehead atoms. The topological polar surface area (TPSA) is 100 Å². The highest BCUT2D eigenvalue weighted by Crippen LogP contribution is 2.44. The maximum Gasteiger partial charge on any atom is 0.204 e. The Morgan fingerprint density at radius 2 is 1.97 bits per heavy atom. The van der Waals surface area contributed by atoms with Crippen molar-refractivity contribution in [3.63, 3.8) is 0 Å². The molecule has 0 aliphatic carbocycles. The van der Waals surface area contributed by atoms with E-state index >= 15 is 0 Å². The fraction of sp³-hybridized carbons (Fsp3) is 0.320. The molecule has 0 saturated carbocycles. The molecule has 2 heterocycles. The molecule has 0 radical (unpaired) electrons. The number of phenols is 1. The van der Waals surface area contributed by atoms with E-state index in [1.807, 2.05) is 13.8 Å². The molecule has 0 spiro atoms. The van der Waals surface area contributed by atoms with Gasteiger partial charge in [0.15, 0.2) is 0 Å². The summed E-state index contributed by atoms with van der Waals surface area (Å²) in [5, 5.41) is 32.0. The van der Waals surface area contributed by atoms with Crippen molar-refractivity contribution in [3.8, 4) is 11.5 Å². The van der Waals surface area contributed by atoms with E-state index in [4.69, 9.17) is 9.15 Å². The molecular formula is C25H26O6. The van der Waals surface area contributed by atoms with E-state index in [9.17, 15) is 20.1 Å². The lowest BCUT2D eigenvalue weighted by molar-refractivity contribution is 0.0701. The smallest absolute Gasteiger partial charge is 0.204 e. The lowest BCUT2D eigenvalue weighted by Gasteiger charge is -2.32. The standard InChI is InChI=1S/C25H26O6/c1-11(2)15-10-30-24-13(5)8-18-20(21(24)22(15)28)23(29)19-16(26)7-6-14(25(19)31-18)9-17(27)12(3)4/h6-8,15,17,22,26-28H,1,3,9-10H2,2,4-5H3. The van der Waals surface area contributed by atoms with Crippen LogP contribution in [0.15, 0.2) is 51.7 Å². The first kappa shape index (κ1) is 21.2. The minimum absolute atomic E-state index is 0.00890. The van der Waals surface area contributed by atoms with Crippen LogP contribution in [0.25, 0.3) is 21.9 Å². The molecule has 0 fully saturated rings. The van der Waals surface area contributed by atoms with Gasteiger partial charge in [0.1, 0.15) is 28.1 Å². The van der Waals surface area contributed by atoms with Gasteiger partial charge in [0, 0.05) is 17.9 Å². The third-order valence-corrected chi connectivity index (χ3v) is 6.05. The molecule has 1 aliphatic heterocycles. The first-order valence-electron chi connectivity index (χ1n) is 10.2. The van der Waals surface area contributed by atoms with Crippen LogP contribution < -0.4 is 10.2 Å². The molecule has 31 heavy (non-hydrogen) atoms. The maximum absolute atomic E-state index is 13.6. The van der Waals surface area contributed by atoms with Crippen LogP contribution in [0.3, 0.4) is 0 Å². The largest absolute Gasteiger partial charge is 0.507 e. The highest BCUT2D eigenvalue weighted by atomic mass is 16.5. The number of aliphatic hydroxyl groups is 2. The number of benzene rings is 2. The van der Waals surface area contributed by atoms with Gasteiger partial charge in [0.25, 0.3) is 0 Å². The molecule has 0 saturated heterocycles. The fourth-order valence-electron chi connectivity index (χ4n) is 4.19. The maximum atomic E-state index is 13.6. The summed E-state index contributed by atoms with van der Waals surface area (Å²) in [5.41, 5.74) is 3.04. The van der Waals surface area contributed by atoms with E-state index in [-0.39, 0.29) is 46.6 Å². The van der Waals surface area contributed by atoms with E-state index in [0.29, 0.717) is 22.4 Å². The van der Waals surface area contributed by atoms with Crippen LogP contribution in [-0.4, -0.2) is 28.0 Å². The van der Waals surface area contributed by atoms with Crippen molar-refractivity contribution in [2.75, 3.05) is 6.61 Å². The Morgan fingerprint density at radius 1 is 1.26 bits per heavy atom. The number of fused-ring (bicyclic) bond motifs is 4. The van der Waals surface area contributed by atoms with Crippen LogP contribution in [-0.2, 0) is 6.42 Å². The predicted molar refractivity (Wildman–Crippen MR) is 120 cm³/mol. The molecule has 0 amide bonds. The van der Waals surface area contributed by atoms with Crippen molar-refractivity contribution in [1.82, 2.24) is 0 Å². The predicted octanol–water partition coefficient (Wildman–Crippen LogP) is 4.06. The molecule has 4 rings (SSSR count). The molecule has 3 aromatic rings. The molecular weight excluding hydrogens is 396 g/mol. The van der Waals surface area contributed by atoms with Crippen LogP contribution in [0.2, 0.25) is 0 Å². The van der Waals surface area contributed by atoms with E-state index in [0.717, 1.165) is 11.1 Å². The summed E-state index contributed by atoms with van der Waals surface area (Å²) in [5.74, 6) is -0.132. The Labute approximate surface area is 179 Å². The number of ether oxygens (including phenoxy) is 1. The molecule has 1 aromatic heterocycles. The van der Waals surface area contributed by atoms with Gasteiger partial charge in [-0.2, -0.15) is 0 Å². The Balaban J connectivity index is 2.07. The Kier molecular flexibility index (Phi) is 5.15. The lowest BCUT2D eigenvalue weighted by Crippen LogP contribution is -2.28. The van der Waals surface area contributed by atoms with Crippen molar-refractivity contribution in [1.29, 1.82) is 0 Å². The van der Waals surface area contributed by atoms with Gasteiger partial charge in [0.05, 0.1) is 24.2 Å². The van der Waals surface area contributed by atoms with Crippen LogP contribution in [0.4, 0.5) is 0 Å².